The van der Waals surface area contributed by atoms with Crippen molar-refractivity contribution in [1.29, 1.82) is 5.26 Å². The molecule has 0 rings (SSSR count). The van der Waals surface area contributed by atoms with Crippen LogP contribution in [0.4, 0.5) is 0 Å². The Balaban J connectivity index is 3.93. The third-order valence-corrected chi connectivity index (χ3v) is 3.30. The van der Waals surface area contributed by atoms with E-state index in [1.165, 1.54) is 0 Å². The molecule has 1 N–H and O–H groups in total. The van der Waals surface area contributed by atoms with E-state index >= 15 is 0 Å². The Hall–Kier alpha value is -0.600. The van der Waals surface area contributed by atoms with Crippen LogP contribution in [-0.4, -0.2) is 20.7 Å². The van der Waals surface area contributed by atoms with E-state index in [-0.39, 0.29) is 11.2 Å². The molecule has 0 radical (unpaired) electrons. The fourth-order valence-electron chi connectivity index (χ4n) is 1.02. The maximum atomic E-state index is 11.4. The summed E-state index contributed by atoms with van der Waals surface area (Å²) in [6.45, 7) is 5.98. The molecule has 0 fully saturated rings. The first-order chi connectivity index (χ1) is 6.27. The second-order valence-corrected chi connectivity index (χ2v) is 6.28. The van der Waals surface area contributed by atoms with Crippen LogP contribution in [0.25, 0.3) is 0 Å². The normalized spacial score (nSPS) is 12.4. The summed E-state index contributed by atoms with van der Waals surface area (Å²) in [6.07, 6.45) is 0.956. The van der Waals surface area contributed by atoms with Crippen molar-refractivity contribution in [1.82, 2.24) is 4.72 Å². The number of hydrogen-bond donors (Lipinski definition) is 1. The Bertz CT molecular complexity index is 296. The van der Waals surface area contributed by atoms with Gasteiger partial charge in [-0.05, 0) is 11.8 Å². The van der Waals surface area contributed by atoms with Crippen LogP contribution in [0.1, 0.15) is 33.6 Å². The van der Waals surface area contributed by atoms with Gasteiger partial charge in [0.25, 0.3) is 0 Å². The Morgan fingerprint density at radius 1 is 1.36 bits per heavy atom. The molecular weight excluding hydrogens is 200 g/mol. The molecular formula is C9H18N2O2S. The molecule has 0 saturated carbocycles. The van der Waals surface area contributed by atoms with E-state index in [0.29, 0.717) is 19.4 Å². The first kappa shape index (κ1) is 13.4. The van der Waals surface area contributed by atoms with Crippen LogP contribution in [0.3, 0.4) is 0 Å². The zero-order chi connectivity index (χ0) is 11.2. The summed E-state index contributed by atoms with van der Waals surface area (Å²) in [4.78, 5) is 0. The lowest BCUT2D eigenvalue weighted by Crippen LogP contribution is -2.32. The minimum Gasteiger partial charge on any atom is -0.215 e. The molecule has 0 amide bonds. The number of hydrogen-bond acceptors (Lipinski definition) is 3. The molecule has 0 spiro atoms. The SMILES string of the molecule is CC(C)(C)CS(=O)(=O)NCCCC#N. The molecule has 0 unspecified atom stereocenters. The third kappa shape index (κ3) is 8.02. The van der Waals surface area contributed by atoms with E-state index in [2.05, 4.69) is 4.72 Å². The quantitative estimate of drug-likeness (QED) is 0.706. The second-order valence-electron chi connectivity index (χ2n) is 4.48. The summed E-state index contributed by atoms with van der Waals surface area (Å²) < 4.78 is 25.3. The number of nitrogens with one attached hydrogen (secondary N) is 1. The Morgan fingerprint density at radius 3 is 2.36 bits per heavy atom. The molecule has 0 bridgehead atoms. The predicted octanol–water partition coefficient (Wildman–Crippen LogP) is 1.26. The number of sulfonamides is 1. The molecule has 0 aromatic carbocycles. The van der Waals surface area contributed by atoms with Crippen LogP contribution in [-0.2, 0) is 10.0 Å². The van der Waals surface area contributed by atoms with Gasteiger partial charge >= 0.3 is 0 Å². The predicted molar refractivity (Wildman–Crippen MR) is 56.1 cm³/mol. The Kier molecular flexibility index (Phi) is 5.09. The fourth-order valence-corrected chi connectivity index (χ4v) is 2.71. The summed E-state index contributed by atoms with van der Waals surface area (Å²) in [5, 5.41) is 8.25. The summed E-state index contributed by atoms with van der Waals surface area (Å²) in [6, 6.07) is 1.97. The molecule has 5 heteroatoms. The monoisotopic (exact) mass is 218 g/mol. The Labute approximate surface area is 86.4 Å². The van der Waals surface area contributed by atoms with Gasteiger partial charge in [-0.2, -0.15) is 5.26 Å². The molecule has 0 aliphatic carbocycles. The van der Waals surface area contributed by atoms with Gasteiger partial charge in [0.15, 0.2) is 0 Å². The number of rotatable bonds is 5. The topological polar surface area (TPSA) is 70.0 Å². The third-order valence-electron chi connectivity index (χ3n) is 1.41. The number of unbranched alkanes of at least 4 members (excludes halogenated alkanes) is 1. The average Bonchev–Trinajstić information content (AvgIpc) is 1.93. The van der Waals surface area contributed by atoms with Gasteiger partial charge in [-0.25, -0.2) is 13.1 Å². The maximum Gasteiger partial charge on any atom is 0.212 e. The van der Waals surface area contributed by atoms with E-state index < -0.39 is 10.0 Å². The van der Waals surface area contributed by atoms with Gasteiger partial charge in [0.05, 0.1) is 11.8 Å². The molecule has 4 nitrogen and oxygen atoms in total. The first-order valence-corrected chi connectivity index (χ1v) is 6.26. The van der Waals surface area contributed by atoms with Crippen LogP contribution in [0.2, 0.25) is 0 Å². The summed E-state index contributed by atoms with van der Waals surface area (Å²) in [5.41, 5.74) is -0.235. The molecule has 14 heavy (non-hydrogen) atoms. The lowest BCUT2D eigenvalue weighted by molar-refractivity contribution is 0.458. The first-order valence-electron chi connectivity index (χ1n) is 4.61. The molecule has 0 aliphatic heterocycles. The van der Waals surface area contributed by atoms with Crippen LogP contribution >= 0.6 is 0 Å². The van der Waals surface area contributed by atoms with Crippen molar-refractivity contribution >= 4 is 10.0 Å². The van der Waals surface area contributed by atoms with Gasteiger partial charge in [0.2, 0.25) is 10.0 Å². The molecule has 0 heterocycles. The lowest BCUT2D eigenvalue weighted by atomic mass is 10.0. The minimum atomic E-state index is -3.18. The van der Waals surface area contributed by atoms with Crippen molar-refractivity contribution in [3.05, 3.63) is 0 Å². The van der Waals surface area contributed by atoms with Crippen LogP contribution in [0.5, 0.6) is 0 Å². The highest BCUT2D eigenvalue weighted by Crippen LogP contribution is 2.15. The van der Waals surface area contributed by atoms with Gasteiger partial charge < -0.3 is 0 Å². The van der Waals surface area contributed by atoms with Crippen molar-refractivity contribution in [3.63, 3.8) is 0 Å². The van der Waals surface area contributed by atoms with Gasteiger partial charge in [-0.3, -0.25) is 0 Å². The molecule has 0 aliphatic rings. The van der Waals surface area contributed by atoms with E-state index in [1.807, 2.05) is 26.8 Å². The molecule has 0 aromatic rings. The zero-order valence-electron chi connectivity index (χ0n) is 9.00. The van der Waals surface area contributed by atoms with Crippen molar-refractivity contribution in [3.8, 4) is 6.07 Å². The van der Waals surface area contributed by atoms with Gasteiger partial charge in [0, 0.05) is 13.0 Å². The number of nitriles is 1. The van der Waals surface area contributed by atoms with Crippen LogP contribution in [0, 0.1) is 16.7 Å². The molecule has 82 valence electrons. The van der Waals surface area contributed by atoms with Crippen molar-refractivity contribution < 1.29 is 8.42 Å². The highest BCUT2D eigenvalue weighted by Gasteiger charge is 2.20. The molecule has 0 saturated heterocycles. The average molecular weight is 218 g/mol. The Morgan fingerprint density at radius 2 is 1.93 bits per heavy atom. The highest BCUT2D eigenvalue weighted by atomic mass is 32.2. The molecule has 0 aromatic heterocycles. The summed E-state index contributed by atoms with van der Waals surface area (Å²) in [5.74, 6) is 0.118. The largest absolute Gasteiger partial charge is 0.215 e. The smallest absolute Gasteiger partial charge is 0.212 e. The van der Waals surface area contributed by atoms with Gasteiger partial charge in [-0.15, -0.1) is 0 Å². The molecule has 0 atom stereocenters. The van der Waals surface area contributed by atoms with Crippen molar-refractivity contribution in [2.45, 2.75) is 33.6 Å². The van der Waals surface area contributed by atoms with Crippen LogP contribution in [0.15, 0.2) is 0 Å². The summed E-state index contributed by atoms with van der Waals surface area (Å²) in [7, 11) is -3.18. The minimum absolute atomic E-state index is 0.118. The van der Waals surface area contributed by atoms with Crippen molar-refractivity contribution in [2.24, 2.45) is 5.41 Å². The van der Waals surface area contributed by atoms with Gasteiger partial charge in [-0.1, -0.05) is 20.8 Å². The van der Waals surface area contributed by atoms with Crippen LogP contribution < -0.4 is 4.72 Å². The van der Waals surface area contributed by atoms with Crippen molar-refractivity contribution in [2.75, 3.05) is 12.3 Å². The maximum absolute atomic E-state index is 11.4. The zero-order valence-corrected chi connectivity index (χ0v) is 9.82. The number of nitrogens with zero attached hydrogens (tertiary/aromatic N) is 1. The van der Waals surface area contributed by atoms with E-state index in [0.717, 1.165) is 0 Å². The van der Waals surface area contributed by atoms with E-state index in [9.17, 15) is 8.42 Å². The highest BCUT2D eigenvalue weighted by molar-refractivity contribution is 7.89. The lowest BCUT2D eigenvalue weighted by Gasteiger charge is -2.18. The standard InChI is InChI=1S/C9H18N2O2S/c1-9(2,3)8-14(12,13)11-7-5-4-6-10/h11H,4-5,7-8H2,1-3H3. The van der Waals surface area contributed by atoms with E-state index in [4.69, 9.17) is 5.26 Å². The van der Waals surface area contributed by atoms with E-state index in [1.54, 1.807) is 0 Å². The second kappa shape index (κ2) is 5.32. The fraction of sp³-hybridized carbons (Fsp3) is 0.889. The summed E-state index contributed by atoms with van der Waals surface area (Å²) >= 11 is 0. The van der Waals surface area contributed by atoms with Gasteiger partial charge in [0.1, 0.15) is 0 Å².